The number of benzene rings is 1. The Bertz CT molecular complexity index is 437. The minimum Gasteiger partial charge on any atom is -0.486 e. The van der Waals surface area contributed by atoms with Crippen molar-refractivity contribution in [2.45, 2.75) is 19.5 Å². The molecule has 84 valence electrons. The van der Waals surface area contributed by atoms with E-state index < -0.39 is 6.17 Å². The fraction of sp³-hybridized carbons (Fsp3) is 0.417. The first kappa shape index (κ1) is 10.7. The molecule has 3 nitrogen and oxygen atoms in total. The molecule has 2 rings (SSSR count). The largest absolute Gasteiger partial charge is 0.486 e. The zero-order chi connectivity index (χ0) is 11.5. The number of rotatable bonds is 2. The third-order valence-corrected chi connectivity index (χ3v) is 2.47. The van der Waals surface area contributed by atoms with Gasteiger partial charge in [-0.05, 0) is 24.6 Å². The van der Waals surface area contributed by atoms with Gasteiger partial charge in [0.15, 0.2) is 11.5 Å². The lowest BCUT2D eigenvalue weighted by molar-refractivity contribution is 0.169. The number of halogens is 1. The standard InChI is InChI=1S/C12H12FNO2/c1-8(13)10-6-9(2-3-14)12-11(7-10)15-4-5-16-12/h6-8H,2,4-5H2,1H3. The number of hydrogen-bond acceptors (Lipinski definition) is 3. The van der Waals surface area contributed by atoms with Crippen LogP contribution in [0, 0.1) is 11.3 Å². The fourth-order valence-electron chi connectivity index (χ4n) is 1.70. The number of hydrogen-bond donors (Lipinski definition) is 0. The van der Waals surface area contributed by atoms with Gasteiger partial charge >= 0.3 is 0 Å². The molecular weight excluding hydrogens is 209 g/mol. The van der Waals surface area contributed by atoms with Crippen LogP contribution in [0.5, 0.6) is 11.5 Å². The van der Waals surface area contributed by atoms with E-state index in [1.165, 1.54) is 6.92 Å². The Morgan fingerprint density at radius 2 is 2.19 bits per heavy atom. The van der Waals surface area contributed by atoms with Crippen molar-refractivity contribution in [3.8, 4) is 17.6 Å². The fourth-order valence-corrected chi connectivity index (χ4v) is 1.70. The zero-order valence-electron chi connectivity index (χ0n) is 9.00. The Balaban J connectivity index is 2.48. The van der Waals surface area contributed by atoms with Gasteiger partial charge in [-0.25, -0.2) is 4.39 Å². The summed E-state index contributed by atoms with van der Waals surface area (Å²) in [6.07, 6.45) is -0.875. The second kappa shape index (κ2) is 4.40. The summed E-state index contributed by atoms with van der Waals surface area (Å²) in [4.78, 5) is 0. The van der Waals surface area contributed by atoms with Crippen molar-refractivity contribution < 1.29 is 13.9 Å². The first-order valence-corrected chi connectivity index (χ1v) is 5.16. The Hall–Kier alpha value is -1.76. The molecule has 4 heteroatoms. The molecule has 0 bridgehead atoms. The molecule has 1 aromatic carbocycles. The zero-order valence-corrected chi connectivity index (χ0v) is 9.00. The van der Waals surface area contributed by atoms with Gasteiger partial charge in [-0.15, -0.1) is 0 Å². The lowest BCUT2D eigenvalue weighted by Crippen LogP contribution is -2.17. The summed E-state index contributed by atoms with van der Waals surface area (Å²) in [7, 11) is 0. The first-order chi connectivity index (χ1) is 7.72. The number of alkyl halides is 1. The predicted octanol–water partition coefficient (Wildman–Crippen LogP) is 2.55. The Morgan fingerprint density at radius 1 is 1.44 bits per heavy atom. The second-order valence-corrected chi connectivity index (χ2v) is 3.66. The van der Waals surface area contributed by atoms with Crippen molar-refractivity contribution >= 4 is 0 Å². The molecule has 0 aromatic heterocycles. The van der Waals surface area contributed by atoms with Crippen LogP contribution in [0.1, 0.15) is 24.2 Å². The molecule has 1 unspecified atom stereocenters. The number of nitrogens with zero attached hydrogens (tertiary/aromatic N) is 1. The molecule has 0 amide bonds. The molecule has 1 atom stereocenters. The van der Waals surface area contributed by atoms with Crippen LogP contribution in [0.15, 0.2) is 12.1 Å². The normalized spacial score (nSPS) is 15.3. The summed E-state index contributed by atoms with van der Waals surface area (Å²) in [5.41, 5.74) is 1.22. The van der Waals surface area contributed by atoms with Gasteiger partial charge in [0.1, 0.15) is 19.4 Å². The Kier molecular flexibility index (Phi) is 2.95. The summed E-state index contributed by atoms with van der Waals surface area (Å²) < 4.78 is 24.1. The topological polar surface area (TPSA) is 42.2 Å². The smallest absolute Gasteiger partial charge is 0.165 e. The highest BCUT2D eigenvalue weighted by Gasteiger charge is 2.19. The lowest BCUT2D eigenvalue weighted by Gasteiger charge is -2.21. The maximum atomic E-state index is 13.2. The average Bonchev–Trinajstić information content (AvgIpc) is 2.29. The third kappa shape index (κ3) is 1.94. The Morgan fingerprint density at radius 3 is 2.88 bits per heavy atom. The van der Waals surface area contributed by atoms with Crippen LogP contribution in [-0.4, -0.2) is 13.2 Å². The van der Waals surface area contributed by atoms with Crippen molar-refractivity contribution in [2.75, 3.05) is 13.2 Å². The summed E-state index contributed by atoms with van der Waals surface area (Å²) >= 11 is 0. The molecule has 0 aliphatic carbocycles. The number of nitriles is 1. The molecule has 0 fully saturated rings. The maximum Gasteiger partial charge on any atom is 0.165 e. The van der Waals surface area contributed by atoms with Crippen LogP contribution < -0.4 is 9.47 Å². The van der Waals surface area contributed by atoms with Crippen molar-refractivity contribution in [1.29, 1.82) is 5.26 Å². The van der Waals surface area contributed by atoms with Crippen molar-refractivity contribution in [2.24, 2.45) is 0 Å². The summed E-state index contributed by atoms with van der Waals surface area (Å²) in [6.45, 7) is 2.39. The first-order valence-electron chi connectivity index (χ1n) is 5.16. The van der Waals surface area contributed by atoms with Crippen LogP contribution in [0.25, 0.3) is 0 Å². The highest BCUT2D eigenvalue weighted by atomic mass is 19.1. The molecule has 16 heavy (non-hydrogen) atoms. The molecule has 0 N–H and O–H groups in total. The van der Waals surface area contributed by atoms with Crippen LogP contribution in [0.2, 0.25) is 0 Å². The average molecular weight is 221 g/mol. The summed E-state index contributed by atoms with van der Waals surface area (Å²) in [5.74, 6) is 1.12. The van der Waals surface area contributed by atoms with E-state index in [4.69, 9.17) is 14.7 Å². The van der Waals surface area contributed by atoms with Crippen LogP contribution in [-0.2, 0) is 6.42 Å². The molecule has 1 heterocycles. The number of fused-ring (bicyclic) bond motifs is 1. The molecule has 1 aromatic rings. The van der Waals surface area contributed by atoms with Gasteiger partial charge in [0.2, 0.25) is 0 Å². The molecule has 1 aliphatic heterocycles. The summed E-state index contributed by atoms with van der Waals surface area (Å²) in [5, 5.41) is 8.71. The molecule has 0 radical (unpaired) electrons. The van der Waals surface area contributed by atoms with E-state index in [2.05, 4.69) is 0 Å². The van der Waals surface area contributed by atoms with E-state index in [0.717, 1.165) is 0 Å². The minimum atomic E-state index is -1.08. The molecule has 0 spiro atoms. The molecule has 0 saturated heterocycles. The van der Waals surface area contributed by atoms with E-state index in [1.807, 2.05) is 6.07 Å². The van der Waals surface area contributed by atoms with Gasteiger partial charge < -0.3 is 9.47 Å². The van der Waals surface area contributed by atoms with E-state index in [9.17, 15) is 4.39 Å². The van der Waals surface area contributed by atoms with Crippen molar-refractivity contribution in [3.05, 3.63) is 23.3 Å². The van der Waals surface area contributed by atoms with Crippen LogP contribution in [0.3, 0.4) is 0 Å². The van der Waals surface area contributed by atoms with E-state index in [1.54, 1.807) is 12.1 Å². The van der Waals surface area contributed by atoms with Gasteiger partial charge in [0, 0.05) is 5.56 Å². The van der Waals surface area contributed by atoms with Crippen LogP contribution >= 0.6 is 0 Å². The monoisotopic (exact) mass is 221 g/mol. The Labute approximate surface area is 93.4 Å². The molecule has 0 saturated carbocycles. The highest BCUT2D eigenvalue weighted by Crippen LogP contribution is 2.37. The second-order valence-electron chi connectivity index (χ2n) is 3.66. The minimum absolute atomic E-state index is 0.201. The third-order valence-electron chi connectivity index (χ3n) is 2.47. The van der Waals surface area contributed by atoms with Gasteiger partial charge in [-0.3, -0.25) is 0 Å². The van der Waals surface area contributed by atoms with E-state index in [-0.39, 0.29) is 6.42 Å². The lowest BCUT2D eigenvalue weighted by atomic mass is 10.0. The SMILES string of the molecule is CC(F)c1cc(CC#N)c2c(c1)OCCO2. The predicted molar refractivity (Wildman–Crippen MR) is 56.3 cm³/mol. The van der Waals surface area contributed by atoms with Gasteiger partial charge in [0.05, 0.1) is 12.5 Å². The van der Waals surface area contributed by atoms with Gasteiger partial charge in [0.25, 0.3) is 0 Å². The van der Waals surface area contributed by atoms with Crippen LogP contribution in [0.4, 0.5) is 4.39 Å². The summed E-state index contributed by atoms with van der Waals surface area (Å²) in [6, 6.07) is 5.35. The highest BCUT2D eigenvalue weighted by molar-refractivity contribution is 5.51. The molecular formula is C12H12FNO2. The number of ether oxygens (including phenoxy) is 2. The van der Waals surface area contributed by atoms with Gasteiger partial charge in [-0.2, -0.15) is 5.26 Å². The van der Waals surface area contributed by atoms with E-state index >= 15 is 0 Å². The van der Waals surface area contributed by atoms with Crippen molar-refractivity contribution in [3.63, 3.8) is 0 Å². The van der Waals surface area contributed by atoms with E-state index in [0.29, 0.717) is 35.8 Å². The van der Waals surface area contributed by atoms with Crippen molar-refractivity contribution in [1.82, 2.24) is 0 Å². The quantitative estimate of drug-likeness (QED) is 0.770. The van der Waals surface area contributed by atoms with Gasteiger partial charge in [-0.1, -0.05) is 0 Å². The molecule has 1 aliphatic rings. The maximum absolute atomic E-state index is 13.2.